The number of benzene rings is 1. The van der Waals surface area contributed by atoms with Gasteiger partial charge in [-0.3, -0.25) is 9.69 Å². The van der Waals surface area contributed by atoms with Crippen molar-refractivity contribution in [2.24, 2.45) is 17.8 Å². The summed E-state index contributed by atoms with van der Waals surface area (Å²) in [6, 6.07) is 9.05. The molecule has 206 valence electrons. The van der Waals surface area contributed by atoms with Crippen LogP contribution in [0.1, 0.15) is 77.2 Å². The van der Waals surface area contributed by atoms with E-state index in [9.17, 15) is 14.0 Å². The smallest absolute Gasteiger partial charge is 0.355 e. The van der Waals surface area contributed by atoms with Crippen LogP contribution in [0.2, 0.25) is 0 Å². The van der Waals surface area contributed by atoms with E-state index in [0.717, 1.165) is 59.7 Å². The molecule has 2 aliphatic carbocycles. The van der Waals surface area contributed by atoms with E-state index in [-0.39, 0.29) is 17.4 Å². The van der Waals surface area contributed by atoms with Crippen molar-refractivity contribution >= 4 is 16.9 Å². The summed E-state index contributed by atoms with van der Waals surface area (Å²) in [7, 11) is 0. The molecule has 2 aliphatic heterocycles. The topological polar surface area (TPSA) is 99.0 Å². The second kappa shape index (κ2) is 9.54. The number of nitrogens with two attached hydrogens (primary N) is 1. The van der Waals surface area contributed by atoms with Gasteiger partial charge in [0.25, 0.3) is 5.56 Å². The number of nitrogen functional groups attached to an aromatic ring is 1. The number of rotatable bonds is 3. The number of hydrogen-bond acceptors (Lipinski definition) is 6. The van der Waals surface area contributed by atoms with Crippen LogP contribution in [0.3, 0.4) is 0 Å². The molecular formula is C30H37FN6O2. The van der Waals surface area contributed by atoms with E-state index < -0.39 is 17.3 Å². The van der Waals surface area contributed by atoms with Crippen molar-refractivity contribution in [3.8, 4) is 5.82 Å². The third kappa shape index (κ3) is 4.20. The zero-order valence-corrected chi connectivity index (χ0v) is 22.5. The van der Waals surface area contributed by atoms with Gasteiger partial charge in [-0.05, 0) is 74.8 Å². The fourth-order valence-corrected chi connectivity index (χ4v) is 8.58. The van der Waals surface area contributed by atoms with Gasteiger partial charge in [0.1, 0.15) is 0 Å². The van der Waals surface area contributed by atoms with Crippen LogP contribution in [0.5, 0.6) is 0 Å². The second-order valence-electron chi connectivity index (χ2n) is 12.6. The first-order valence-electron chi connectivity index (χ1n) is 14.7. The number of anilines is 1. The van der Waals surface area contributed by atoms with E-state index in [0.29, 0.717) is 23.6 Å². The number of fused-ring (bicyclic) bond motifs is 5. The fraction of sp³-hybridized carbons (Fsp3) is 0.600. The maximum atomic E-state index is 14.3. The molecule has 2 N–H and O–H groups in total. The maximum absolute atomic E-state index is 14.3. The SMILES string of the molecule is C[C@H]1CC[C@H]2C[C@@H]1C[C@H](N1[C@@H]3CCC[C@H]1C[C@@H](n1c(=O)c(-n4cc(F)c(N)nc4=O)nc4ccccc41)C3)C2. The molecule has 7 atom stereocenters. The van der Waals surface area contributed by atoms with Crippen molar-refractivity contribution in [2.75, 3.05) is 5.73 Å². The molecule has 8 nitrogen and oxygen atoms in total. The Morgan fingerprint density at radius 1 is 0.897 bits per heavy atom. The van der Waals surface area contributed by atoms with Crippen molar-refractivity contribution in [3.05, 3.63) is 57.1 Å². The van der Waals surface area contributed by atoms with Crippen LogP contribution < -0.4 is 17.0 Å². The number of para-hydroxylation sites is 2. The van der Waals surface area contributed by atoms with Crippen molar-refractivity contribution in [1.29, 1.82) is 0 Å². The largest absolute Gasteiger partial charge is 0.381 e. The van der Waals surface area contributed by atoms with Gasteiger partial charge in [-0.1, -0.05) is 38.3 Å². The van der Waals surface area contributed by atoms with Crippen molar-refractivity contribution < 1.29 is 4.39 Å². The van der Waals surface area contributed by atoms with Crippen LogP contribution in [0.4, 0.5) is 10.2 Å². The van der Waals surface area contributed by atoms with Crippen molar-refractivity contribution in [3.63, 3.8) is 0 Å². The van der Waals surface area contributed by atoms with Gasteiger partial charge in [-0.15, -0.1) is 0 Å². The van der Waals surface area contributed by atoms with E-state index in [1.54, 1.807) is 0 Å². The first-order valence-corrected chi connectivity index (χ1v) is 14.7. The summed E-state index contributed by atoms with van der Waals surface area (Å²) in [5.74, 6) is 1.07. The summed E-state index contributed by atoms with van der Waals surface area (Å²) >= 11 is 0. The van der Waals surface area contributed by atoms with Crippen LogP contribution in [0.25, 0.3) is 16.9 Å². The molecule has 3 aromatic rings. The van der Waals surface area contributed by atoms with Crippen LogP contribution in [-0.2, 0) is 0 Å². The van der Waals surface area contributed by atoms with Gasteiger partial charge in [-0.2, -0.15) is 4.98 Å². The number of hydrogen-bond donors (Lipinski definition) is 1. The van der Waals surface area contributed by atoms with Gasteiger partial charge in [0.15, 0.2) is 11.6 Å². The zero-order valence-electron chi connectivity index (χ0n) is 22.5. The summed E-state index contributed by atoms with van der Waals surface area (Å²) < 4.78 is 17.1. The molecule has 9 heteroatoms. The highest BCUT2D eigenvalue weighted by Crippen LogP contribution is 2.49. The highest BCUT2D eigenvalue weighted by Gasteiger charge is 2.46. The van der Waals surface area contributed by atoms with E-state index in [4.69, 9.17) is 5.73 Å². The Kier molecular flexibility index (Phi) is 6.10. The normalized spacial score (nSPS) is 32.8. The van der Waals surface area contributed by atoms with Gasteiger partial charge in [0, 0.05) is 24.2 Å². The standard InChI is InChI=1S/C30H37FN6O2/c1-17-9-10-18-11-19(17)13-22(12-18)36-20-5-4-6-21(36)15-23(14-20)37-26-8-3-2-7-25(26)33-28(29(37)38)35-16-24(31)27(32)34-30(35)39/h2-3,7-8,16-23H,4-6,9-15H2,1H3,(H2,32,34,39)/t17-,18-,19+,20-,21+,22+,23+/m0/s1. The van der Waals surface area contributed by atoms with E-state index >= 15 is 0 Å². The van der Waals surface area contributed by atoms with Crippen LogP contribution in [-0.4, -0.2) is 42.1 Å². The molecule has 1 aromatic carbocycles. The van der Waals surface area contributed by atoms with E-state index in [1.807, 2.05) is 28.8 Å². The molecule has 4 aliphatic rings. The Morgan fingerprint density at radius 3 is 2.46 bits per heavy atom. The minimum atomic E-state index is -0.857. The lowest BCUT2D eigenvalue weighted by atomic mass is 9.64. The Balaban J connectivity index is 1.27. The summed E-state index contributed by atoms with van der Waals surface area (Å²) in [6.45, 7) is 2.45. The summed E-state index contributed by atoms with van der Waals surface area (Å²) in [5.41, 5.74) is 5.64. The molecule has 0 spiro atoms. The van der Waals surface area contributed by atoms with Gasteiger partial charge < -0.3 is 10.3 Å². The number of piperidine rings is 2. The molecule has 2 saturated heterocycles. The molecule has 4 bridgehead atoms. The minimum Gasteiger partial charge on any atom is -0.381 e. The molecule has 7 rings (SSSR count). The lowest BCUT2D eigenvalue weighted by Gasteiger charge is -2.56. The number of aromatic nitrogens is 4. The molecular weight excluding hydrogens is 495 g/mol. The van der Waals surface area contributed by atoms with Crippen LogP contribution in [0.15, 0.2) is 40.1 Å². The molecule has 4 fully saturated rings. The zero-order chi connectivity index (χ0) is 26.8. The Morgan fingerprint density at radius 2 is 1.67 bits per heavy atom. The number of nitrogens with zero attached hydrogens (tertiary/aromatic N) is 5. The average Bonchev–Trinajstić information content (AvgIpc) is 2.92. The van der Waals surface area contributed by atoms with Gasteiger partial charge in [-0.25, -0.2) is 18.7 Å². The Labute approximate surface area is 227 Å². The van der Waals surface area contributed by atoms with Crippen molar-refractivity contribution in [2.45, 2.75) is 95.3 Å². The Hall–Kier alpha value is -3.07. The van der Waals surface area contributed by atoms with Crippen LogP contribution >= 0.6 is 0 Å². The van der Waals surface area contributed by atoms with E-state index in [1.165, 1.54) is 38.5 Å². The quantitative estimate of drug-likeness (QED) is 0.536. The van der Waals surface area contributed by atoms with E-state index in [2.05, 4.69) is 21.8 Å². The predicted molar refractivity (Wildman–Crippen MR) is 148 cm³/mol. The first-order chi connectivity index (χ1) is 18.9. The molecule has 2 saturated carbocycles. The van der Waals surface area contributed by atoms with Crippen molar-refractivity contribution in [1.82, 2.24) is 24.0 Å². The summed E-state index contributed by atoms with van der Waals surface area (Å²) in [5, 5.41) is 0. The average molecular weight is 533 g/mol. The third-order valence-corrected chi connectivity index (χ3v) is 10.4. The second-order valence-corrected chi connectivity index (χ2v) is 12.6. The summed E-state index contributed by atoms with van der Waals surface area (Å²) in [6.07, 6.45) is 13.1. The molecule has 0 radical (unpaired) electrons. The monoisotopic (exact) mass is 532 g/mol. The van der Waals surface area contributed by atoms with Gasteiger partial charge in [0.05, 0.1) is 17.2 Å². The highest BCUT2D eigenvalue weighted by atomic mass is 19.1. The van der Waals surface area contributed by atoms with Gasteiger partial charge in [0.2, 0.25) is 5.82 Å². The minimum absolute atomic E-state index is 0.0139. The molecule has 4 heterocycles. The lowest BCUT2D eigenvalue weighted by Crippen LogP contribution is -2.59. The lowest BCUT2D eigenvalue weighted by molar-refractivity contribution is -0.0551. The van der Waals surface area contributed by atoms with Crippen LogP contribution in [0, 0.1) is 23.6 Å². The fourth-order valence-electron chi connectivity index (χ4n) is 8.58. The molecule has 2 aromatic heterocycles. The Bertz CT molecular complexity index is 1520. The molecule has 0 unspecified atom stereocenters. The third-order valence-electron chi connectivity index (χ3n) is 10.4. The number of halogens is 1. The predicted octanol–water partition coefficient (Wildman–Crippen LogP) is 4.44. The highest BCUT2D eigenvalue weighted by molar-refractivity contribution is 5.75. The van der Waals surface area contributed by atoms with Gasteiger partial charge >= 0.3 is 5.69 Å². The first kappa shape index (κ1) is 24.9. The maximum Gasteiger partial charge on any atom is 0.355 e. The molecule has 39 heavy (non-hydrogen) atoms. The summed E-state index contributed by atoms with van der Waals surface area (Å²) in [4.78, 5) is 37.7. The molecule has 0 amide bonds.